The van der Waals surface area contributed by atoms with Crippen LogP contribution in [-0.2, 0) is 12.0 Å². The number of benzene rings is 1. The smallest absolute Gasteiger partial charge is 0.251 e. The zero-order valence-electron chi connectivity index (χ0n) is 14.8. The quantitative estimate of drug-likeness (QED) is 0.911. The number of hydrogen-bond donors (Lipinski definition) is 1. The van der Waals surface area contributed by atoms with Crippen LogP contribution in [0.25, 0.3) is 0 Å². The molecule has 6 heteroatoms. The average Bonchev–Trinajstić information content (AvgIpc) is 3.20. The van der Waals surface area contributed by atoms with Crippen molar-refractivity contribution in [3.05, 3.63) is 41.2 Å². The van der Waals surface area contributed by atoms with Crippen LogP contribution < -0.4 is 14.8 Å². The third-order valence-electron chi connectivity index (χ3n) is 4.76. The van der Waals surface area contributed by atoms with Crippen LogP contribution in [0.3, 0.4) is 0 Å². The molecule has 1 aromatic carbocycles. The molecule has 0 radical (unpaired) electrons. The van der Waals surface area contributed by atoms with Crippen LogP contribution in [-0.4, -0.2) is 22.5 Å². The van der Waals surface area contributed by atoms with Crippen molar-refractivity contribution < 1.29 is 14.3 Å². The molecule has 1 N–H and O–H groups in total. The Kier molecular flexibility index (Phi) is 3.71. The van der Waals surface area contributed by atoms with Gasteiger partial charge in [0.1, 0.15) is 0 Å². The van der Waals surface area contributed by atoms with Crippen molar-refractivity contribution >= 4 is 5.91 Å². The van der Waals surface area contributed by atoms with Crippen LogP contribution >= 0.6 is 0 Å². The van der Waals surface area contributed by atoms with Crippen LogP contribution in [0.4, 0.5) is 0 Å². The summed E-state index contributed by atoms with van der Waals surface area (Å²) < 4.78 is 12.7. The maximum absolute atomic E-state index is 12.7. The highest BCUT2D eigenvalue weighted by Crippen LogP contribution is 2.34. The maximum atomic E-state index is 12.7. The van der Waals surface area contributed by atoms with E-state index in [1.54, 1.807) is 18.2 Å². The highest BCUT2D eigenvalue weighted by Gasteiger charge is 2.29. The van der Waals surface area contributed by atoms with E-state index in [4.69, 9.17) is 9.47 Å². The number of ether oxygens (including phenoxy) is 2. The molecule has 4 rings (SSSR count). The first-order valence-corrected chi connectivity index (χ1v) is 8.71. The van der Waals surface area contributed by atoms with E-state index in [0.29, 0.717) is 17.1 Å². The zero-order valence-corrected chi connectivity index (χ0v) is 14.8. The Bertz CT molecular complexity index is 820. The largest absolute Gasteiger partial charge is 0.454 e. The van der Waals surface area contributed by atoms with Crippen LogP contribution in [0.15, 0.2) is 24.4 Å². The van der Waals surface area contributed by atoms with Crippen molar-refractivity contribution in [2.24, 2.45) is 0 Å². The molecule has 25 heavy (non-hydrogen) atoms. The Labute approximate surface area is 147 Å². The third-order valence-corrected chi connectivity index (χ3v) is 4.76. The summed E-state index contributed by atoms with van der Waals surface area (Å²) in [5.41, 5.74) is 2.89. The Morgan fingerprint density at radius 1 is 1.28 bits per heavy atom. The minimum atomic E-state index is -0.0975. The second-order valence-electron chi connectivity index (χ2n) is 7.62. The summed E-state index contributed by atoms with van der Waals surface area (Å²) in [5.74, 6) is 1.21. The molecule has 2 heterocycles. The molecular weight excluding hydrogens is 318 g/mol. The zero-order chi connectivity index (χ0) is 17.6. The lowest BCUT2D eigenvalue weighted by molar-refractivity contribution is 0.0932. The van der Waals surface area contributed by atoms with E-state index < -0.39 is 0 Å². The lowest BCUT2D eigenvalue weighted by atomic mass is 9.92. The van der Waals surface area contributed by atoms with Crippen molar-refractivity contribution in [3.8, 4) is 11.5 Å². The van der Waals surface area contributed by atoms with Crippen LogP contribution in [0.2, 0.25) is 0 Å². The van der Waals surface area contributed by atoms with Crippen molar-refractivity contribution in [2.45, 2.75) is 51.6 Å². The SMILES string of the molecule is CC(C)(C)n1ncc2c1CCC[C@@H]2NC(=O)c1ccc2c(c1)OCO2. The van der Waals surface area contributed by atoms with E-state index in [9.17, 15) is 4.79 Å². The van der Waals surface area contributed by atoms with Crippen LogP contribution in [0.5, 0.6) is 11.5 Å². The van der Waals surface area contributed by atoms with E-state index in [2.05, 4.69) is 35.9 Å². The third kappa shape index (κ3) is 2.86. The fraction of sp³-hybridized carbons (Fsp3) is 0.474. The maximum Gasteiger partial charge on any atom is 0.251 e. The lowest BCUT2D eigenvalue weighted by Gasteiger charge is -2.28. The number of amides is 1. The summed E-state index contributed by atoms with van der Waals surface area (Å²) in [6, 6.07) is 5.28. The molecule has 1 atom stereocenters. The van der Waals surface area contributed by atoms with Gasteiger partial charge in [0.25, 0.3) is 5.91 Å². The number of rotatable bonds is 2. The van der Waals surface area contributed by atoms with E-state index in [1.807, 2.05) is 6.20 Å². The number of nitrogens with one attached hydrogen (secondary N) is 1. The van der Waals surface area contributed by atoms with E-state index in [-0.39, 0.29) is 24.3 Å². The summed E-state index contributed by atoms with van der Waals surface area (Å²) in [7, 11) is 0. The Hall–Kier alpha value is -2.50. The summed E-state index contributed by atoms with van der Waals surface area (Å²) in [6.07, 6.45) is 4.88. The van der Waals surface area contributed by atoms with E-state index >= 15 is 0 Å². The topological polar surface area (TPSA) is 65.4 Å². The monoisotopic (exact) mass is 341 g/mol. The first kappa shape index (κ1) is 16.0. The molecule has 0 fully saturated rings. The molecule has 1 aliphatic carbocycles. The molecule has 2 aliphatic rings. The van der Waals surface area contributed by atoms with Gasteiger partial charge in [-0.3, -0.25) is 9.48 Å². The molecule has 132 valence electrons. The van der Waals surface area contributed by atoms with Gasteiger partial charge in [0, 0.05) is 16.8 Å². The predicted octanol–water partition coefficient (Wildman–Crippen LogP) is 3.17. The average molecular weight is 341 g/mol. The predicted molar refractivity (Wildman–Crippen MR) is 92.9 cm³/mol. The molecule has 2 aromatic rings. The number of fused-ring (bicyclic) bond motifs is 2. The number of nitrogens with zero attached hydrogens (tertiary/aromatic N) is 2. The summed E-state index contributed by atoms with van der Waals surface area (Å²) in [5, 5.41) is 7.73. The fourth-order valence-electron chi connectivity index (χ4n) is 3.56. The van der Waals surface area contributed by atoms with Crippen molar-refractivity contribution in [1.82, 2.24) is 15.1 Å². The molecule has 1 aliphatic heterocycles. The molecule has 1 aromatic heterocycles. The summed E-state index contributed by atoms with van der Waals surface area (Å²) in [6.45, 7) is 6.65. The van der Waals surface area contributed by atoms with Crippen molar-refractivity contribution in [1.29, 1.82) is 0 Å². The Balaban J connectivity index is 1.56. The van der Waals surface area contributed by atoms with Gasteiger partial charge in [-0.25, -0.2) is 0 Å². The van der Waals surface area contributed by atoms with Crippen molar-refractivity contribution in [2.75, 3.05) is 6.79 Å². The van der Waals surface area contributed by atoms with Gasteiger partial charge in [0.05, 0.1) is 17.8 Å². The van der Waals surface area contributed by atoms with Crippen LogP contribution in [0, 0.1) is 0 Å². The normalized spacial score (nSPS) is 18.8. The Morgan fingerprint density at radius 2 is 2.08 bits per heavy atom. The molecule has 0 unspecified atom stereocenters. The van der Waals surface area contributed by atoms with Crippen molar-refractivity contribution in [3.63, 3.8) is 0 Å². The first-order valence-electron chi connectivity index (χ1n) is 8.71. The first-order chi connectivity index (χ1) is 11.9. The van der Waals surface area contributed by atoms with Gasteiger partial charge in [-0.2, -0.15) is 5.10 Å². The van der Waals surface area contributed by atoms with Gasteiger partial charge in [-0.1, -0.05) is 0 Å². The van der Waals surface area contributed by atoms with Gasteiger partial charge in [-0.15, -0.1) is 0 Å². The number of hydrogen-bond acceptors (Lipinski definition) is 4. The minimum absolute atomic E-state index is 0.00206. The van der Waals surface area contributed by atoms with Gasteiger partial charge in [-0.05, 0) is 58.2 Å². The number of carbonyl (C=O) groups excluding carboxylic acids is 1. The second-order valence-corrected chi connectivity index (χ2v) is 7.62. The van der Waals surface area contributed by atoms with E-state index in [1.165, 1.54) is 5.69 Å². The molecular formula is C19H23N3O3. The minimum Gasteiger partial charge on any atom is -0.454 e. The lowest BCUT2D eigenvalue weighted by Crippen LogP contribution is -2.32. The van der Waals surface area contributed by atoms with Gasteiger partial charge in [0.2, 0.25) is 6.79 Å². The highest BCUT2D eigenvalue weighted by molar-refractivity contribution is 5.95. The molecule has 0 spiro atoms. The Morgan fingerprint density at radius 3 is 2.88 bits per heavy atom. The standard InChI is InChI=1S/C19H23N3O3/c1-19(2,3)22-15-6-4-5-14(13(15)10-20-22)21-18(23)12-7-8-16-17(9-12)25-11-24-16/h7-10,14H,4-6,11H2,1-3H3,(H,21,23)/t14-/m0/s1. The van der Waals surface area contributed by atoms with Gasteiger partial charge in [0.15, 0.2) is 11.5 Å². The second kappa shape index (κ2) is 5.79. The highest BCUT2D eigenvalue weighted by atomic mass is 16.7. The summed E-state index contributed by atoms with van der Waals surface area (Å²) in [4.78, 5) is 12.7. The molecule has 0 bridgehead atoms. The number of carbonyl (C=O) groups is 1. The van der Waals surface area contributed by atoms with Crippen LogP contribution in [0.1, 0.15) is 61.3 Å². The molecule has 0 saturated heterocycles. The van der Waals surface area contributed by atoms with Gasteiger partial charge < -0.3 is 14.8 Å². The van der Waals surface area contributed by atoms with E-state index in [0.717, 1.165) is 24.8 Å². The molecule has 0 saturated carbocycles. The fourth-order valence-corrected chi connectivity index (χ4v) is 3.56. The number of aromatic nitrogens is 2. The molecule has 6 nitrogen and oxygen atoms in total. The molecule has 1 amide bonds. The van der Waals surface area contributed by atoms with Gasteiger partial charge >= 0.3 is 0 Å². The summed E-state index contributed by atoms with van der Waals surface area (Å²) >= 11 is 0.